The fraction of sp³-hybridized carbons (Fsp3) is 0.308. The highest BCUT2D eigenvalue weighted by atomic mass is 35.5. The van der Waals surface area contributed by atoms with E-state index in [9.17, 15) is 10.1 Å². The first-order chi connectivity index (χ1) is 9.51. The Bertz CT molecular complexity index is 639. The van der Waals surface area contributed by atoms with Crippen LogP contribution in [-0.4, -0.2) is 14.7 Å². The second-order valence-corrected chi connectivity index (χ2v) is 4.82. The molecule has 0 fully saturated rings. The number of nitro benzene ring substituents is 1. The number of anilines is 1. The van der Waals surface area contributed by atoms with Crippen molar-refractivity contribution in [2.24, 2.45) is 7.05 Å². The van der Waals surface area contributed by atoms with Crippen LogP contribution in [0.5, 0.6) is 0 Å². The fourth-order valence-corrected chi connectivity index (χ4v) is 2.14. The smallest absolute Gasteiger partial charge is 0.288 e. The lowest BCUT2D eigenvalue weighted by molar-refractivity contribution is -0.384. The molecule has 1 aromatic carbocycles. The molecule has 0 aliphatic rings. The van der Waals surface area contributed by atoms with Gasteiger partial charge in [-0.25, -0.2) is 0 Å². The summed E-state index contributed by atoms with van der Waals surface area (Å²) in [6.07, 6.45) is 2.72. The highest BCUT2D eigenvalue weighted by Gasteiger charge is 2.13. The van der Waals surface area contributed by atoms with E-state index in [2.05, 4.69) is 10.4 Å². The van der Waals surface area contributed by atoms with Gasteiger partial charge in [-0.05, 0) is 18.1 Å². The van der Waals surface area contributed by atoms with Gasteiger partial charge in [0.1, 0.15) is 5.02 Å². The van der Waals surface area contributed by atoms with Crippen LogP contribution < -0.4 is 5.32 Å². The second-order valence-electron chi connectivity index (χ2n) is 4.41. The van der Waals surface area contributed by atoms with Crippen molar-refractivity contribution in [2.45, 2.75) is 19.9 Å². The van der Waals surface area contributed by atoms with Gasteiger partial charge < -0.3 is 5.32 Å². The van der Waals surface area contributed by atoms with Crippen LogP contribution in [0.4, 0.5) is 11.4 Å². The van der Waals surface area contributed by atoms with Crippen molar-refractivity contribution in [1.82, 2.24) is 9.78 Å². The van der Waals surface area contributed by atoms with Crippen molar-refractivity contribution in [3.63, 3.8) is 0 Å². The highest BCUT2D eigenvalue weighted by molar-refractivity contribution is 6.32. The van der Waals surface area contributed by atoms with E-state index >= 15 is 0 Å². The summed E-state index contributed by atoms with van der Waals surface area (Å²) in [5.41, 5.74) is 2.63. The normalized spacial score (nSPS) is 10.6. The number of aryl methyl sites for hydroxylation is 2. The zero-order valence-corrected chi connectivity index (χ0v) is 12.0. The molecule has 0 saturated heterocycles. The lowest BCUT2D eigenvalue weighted by atomic mass is 10.2. The van der Waals surface area contributed by atoms with Crippen LogP contribution in [-0.2, 0) is 20.0 Å². The first-order valence-corrected chi connectivity index (χ1v) is 6.58. The van der Waals surface area contributed by atoms with Crippen molar-refractivity contribution in [3.8, 4) is 0 Å². The summed E-state index contributed by atoms with van der Waals surface area (Å²) in [6, 6.07) is 4.79. The molecule has 1 aromatic heterocycles. The van der Waals surface area contributed by atoms with Crippen LogP contribution >= 0.6 is 11.6 Å². The molecule has 0 spiro atoms. The maximum Gasteiger partial charge on any atom is 0.288 e. The van der Waals surface area contributed by atoms with Crippen molar-refractivity contribution >= 4 is 23.0 Å². The van der Waals surface area contributed by atoms with Crippen LogP contribution in [0.15, 0.2) is 24.4 Å². The summed E-state index contributed by atoms with van der Waals surface area (Å²) in [6.45, 7) is 2.51. The van der Waals surface area contributed by atoms with E-state index in [1.165, 1.54) is 6.07 Å². The van der Waals surface area contributed by atoms with Gasteiger partial charge in [0.25, 0.3) is 5.69 Å². The van der Waals surface area contributed by atoms with Crippen LogP contribution in [0.1, 0.15) is 18.2 Å². The molecule has 0 bridgehead atoms. The van der Waals surface area contributed by atoms with Crippen molar-refractivity contribution in [1.29, 1.82) is 0 Å². The van der Waals surface area contributed by atoms with Gasteiger partial charge in [-0.1, -0.05) is 24.6 Å². The Hall–Kier alpha value is -2.08. The van der Waals surface area contributed by atoms with E-state index in [4.69, 9.17) is 11.6 Å². The Morgan fingerprint density at radius 1 is 1.50 bits per heavy atom. The van der Waals surface area contributed by atoms with E-state index in [0.29, 0.717) is 6.54 Å². The number of aromatic nitrogens is 2. The first kappa shape index (κ1) is 14.3. The zero-order valence-electron chi connectivity index (χ0n) is 11.3. The molecule has 1 heterocycles. The van der Waals surface area contributed by atoms with Crippen molar-refractivity contribution in [3.05, 3.63) is 50.8 Å². The number of hydrogen-bond acceptors (Lipinski definition) is 4. The minimum absolute atomic E-state index is 0.0760. The Kier molecular flexibility index (Phi) is 4.24. The van der Waals surface area contributed by atoms with Gasteiger partial charge in [0.2, 0.25) is 0 Å². The lowest BCUT2D eigenvalue weighted by Gasteiger charge is -2.06. The summed E-state index contributed by atoms with van der Waals surface area (Å²) in [4.78, 5) is 10.4. The Labute approximate surface area is 121 Å². The summed E-state index contributed by atoms with van der Waals surface area (Å²) < 4.78 is 1.74. The SMILES string of the molecule is CCc1nn(C)cc1NCc1ccc(Cl)c([N+](=O)[O-])c1. The molecule has 0 unspecified atom stereocenters. The summed E-state index contributed by atoms with van der Waals surface area (Å²) in [7, 11) is 1.86. The van der Waals surface area contributed by atoms with Crippen LogP contribution in [0.2, 0.25) is 5.02 Å². The van der Waals surface area contributed by atoms with Crippen molar-refractivity contribution < 1.29 is 4.92 Å². The number of nitrogens with zero attached hydrogens (tertiary/aromatic N) is 3. The van der Waals surface area contributed by atoms with Crippen LogP contribution in [0, 0.1) is 10.1 Å². The quantitative estimate of drug-likeness (QED) is 0.679. The number of rotatable bonds is 5. The predicted molar refractivity (Wildman–Crippen MR) is 78.0 cm³/mol. The molecule has 6 nitrogen and oxygen atoms in total. The van der Waals surface area contributed by atoms with E-state index in [0.717, 1.165) is 23.4 Å². The van der Waals surface area contributed by atoms with E-state index in [1.54, 1.807) is 16.8 Å². The van der Waals surface area contributed by atoms with E-state index in [-0.39, 0.29) is 10.7 Å². The molecular formula is C13H15ClN4O2. The Morgan fingerprint density at radius 2 is 2.25 bits per heavy atom. The van der Waals surface area contributed by atoms with Gasteiger partial charge in [0.15, 0.2) is 0 Å². The number of benzene rings is 1. The third-order valence-electron chi connectivity index (χ3n) is 2.93. The van der Waals surface area contributed by atoms with Gasteiger partial charge >= 0.3 is 0 Å². The van der Waals surface area contributed by atoms with E-state index < -0.39 is 4.92 Å². The molecule has 0 saturated carbocycles. The predicted octanol–water partition coefficient (Wildman–Crippen LogP) is 3.16. The molecule has 7 heteroatoms. The van der Waals surface area contributed by atoms with E-state index in [1.807, 2.05) is 20.2 Å². The first-order valence-electron chi connectivity index (χ1n) is 6.20. The van der Waals surface area contributed by atoms with Gasteiger partial charge in [-0.2, -0.15) is 5.10 Å². The van der Waals surface area contributed by atoms with Gasteiger partial charge in [0.05, 0.1) is 16.3 Å². The summed E-state index contributed by atoms with van der Waals surface area (Å²) >= 11 is 5.78. The second kappa shape index (κ2) is 5.92. The summed E-state index contributed by atoms with van der Waals surface area (Å²) in [5.74, 6) is 0. The monoisotopic (exact) mass is 294 g/mol. The Morgan fingerprint density at radius 3 is 2.90 bits per heavy atom. The largest absolute Gasteiger partial charge is 0.378 e. The molecule has 0 radical (unpaired) electrons. The molecule has 1 N–H and O–H groups in total. The third kappa shape index (κ3) is 3.08. The molecule has 0 atom stereocenters. The molecule has 106 valence electrons. The van der Waals surface area contributed by atoms with Crippen molar-refractivity contribution in [2.75, 3.05) is 5.32 Å². The summed E-state index contributed by atoms with van der Waals surface area (Å²) in [5, 5.41) is 18.6. The molecule has 20 heavy (non-hydrogen) atoms. The molecule has 2 rings (SSSR count). The van der Waals surface area contributed by atoms with Crippen LogP contribution in [0.3, 0.4) is 0 Å². The maximum atomic E-state index is 10.8. The number of hydrogen-bond donors (Lipinski definition) is 1. The van der Waals surface area contributed by atoms with Gasteiger partial charge in [0, 0.05) is 25.9 Å². The number of nitro groups is 1. The minimum Gasteiger partial charge on any atom is -0.378 e. The Balaban J connectivity index is 2.14. The molecule has 0 aliphatic heterocycles. The standard InChI is InChI=1S/C13H15ClN4O2/c1-3-11-12(8-17(2)16-11)15-7-9-4-5-10(14)13(6-9)18(19)20/h4-6,8,15H,3,7H2,1-2H3. The lowest BCUT2D eigenvalue weighted by Crippen LogP contribution is -2.01. The molecule has 2 aromatic rings. The number of halogens is 1. The minimum atomic E-state index is -0.479. The van der Waals surface area contributed by atoms with Gasteiger partial charge in [-0.3, -0.25) is 14.8 Å². The number of nitrogens with one attached hydrogen (secondary N) is 1. The van der Waals surface area contributed by atoms with Gasteiger partial charge in [-0.15, -0.1) is 0 Å². The molecule has 0 aliphatic carbocycles. The zero-order chi connectivity index (χ0) is 14.7. The van der Waals surface area contributed by atoms with Crippen LogP contribution in [0.25, 0.3) is 0 Å². The molecule has 0 amide bonds. The maximum absolute atomic E-state index is 10.8. The highest BCUT2D eigenvalue weighted by Crippen LogP contribution is 2.25. The molecular weight excluding hydrogens is 280 g/mol. The average molecular weight is 295 g/mol. The average Bonchev–Trinajstić information content (AvgIpc) is 2.77. The fourth-order valence-electron chi connectivity index (χ4n) is 1.95. The third-order valence-corrected chi connectivity index (χ3v) is 3.25. The topological polar surface area (TPSA) is 73.0 Å².